The number of ether oxygens (including phenoxy) is 2. The third-order valence-electron chi connectivity index (χ3n) is 6.61. The van der Waals surface area contributed by atoms with Gasteiger partial charge >= 0.3 is 6.09 Å². The van der Waals surface area contributed by atoms with Crippen LogP contribution in [0.5, 0.6) is 11.5 Å². The lowest BCUT2D eigenvalue weighted by atomic mass is 9.59. The Morgan fingerprint density at radius 1 is 0.824 bits per heavy atom. The molecule has 0 aliphatic carbocycles. The van der Waals surface area contributed by atoms with Crippen molar-refractivity contribution in [3.05, 3.63) is 47.6 Å². The summed E-state index contributed by atoms with van der Waals surface area (Å²) in [7, 11) is 1.52. The Bertz CT molecular complexity index is 1120. The zero-order valence-electron chi connectivity index (χ0n) is 19.7. The molecule has 34 heavy (non-hydrogen) atoms. The predicted octanol–water partition coefficient (Wildman–Crippen LogP) is 4.49. The van der Waals surface area contributed by atoms with E-state index in [0.717, 1.165) is 0 Å². The van der Waals surface area contributed by atoms with Crippen LogP contribution < -0.4 is 9.47 Å². The fourth-order valence-electron chi connectivity index (χ4n) is 4.87. The fraction of sp³-hybridized carbons (Fsp3) is 0.423. The lowest BCUT2D eigenvalue weighted by molar-refractivity contribution is 0.132. The molecule has 1 fully saturated rings. The van der Waals surface area contributed by atoms with Crippen LogP contribution in [0.4, 0.5) is 4.79 Å². The summed E-state index contributed by atoms with van der Waals surface area (Å²) >= 11 is 0. The number of rotatable bonds is 4. The highest BCUT2D eigenvalue weighted by atomic mass is 16.6. The van der Waals surface area contributed by atoms with Crippen molar-refractivity contribution in [2.45, 2.75) is 39.8 Å². The quantitative estimate of drug-likeness (QED) is 0.652. The molecule has 0 N–H and O–H groups in total. The Morgan fingerprint density at radius 2 is 1.21 bits per heavy atom. The molecule has 1 aromatic rings. The van der Waals surface area contributed by atoms with E-state index in [0.29, 0.717) is 16.9 Å². The highest BCUT2D eigenvalue weighted by molar-refractivity contribution is 5.76. The molecule has 1 saturated heterocycles. The van der Waals surface area contributed by atoms with Gasteiger partial charge in [-0.2, -0.15) is 21.0 Å². The molecule has 1 aromatic carbocycles. The molecule has 0 aromatic heterocycles. The van der Waals surface area contributed by atoms with Crippen LogP contribution in [0.2, 0.25) is 0 Å². The number of hydrogen-bond donors (Lipinski definition) is 0. The van der Waals surface area contributed by atoms with Crippen LogP contribution in [-0.2, 0) is 0 Å². The zero-order chi connectivity index (χ0) is 25.3. The Balaban J connectivity index is 2.30. The van der Waals surface area contributed by atoms with Crippen molar-refractivity contribution in [3.63, 3.8) is 0 Å². The summed E-state index contributed by atoms with van der Waals surface area (Å²) in [5.74, 6) is 0.433. The normalized spacial score (nSPS) is 21.8. The number of carbonyl (C=O) groups is 1. The summed E-state index contributed by atoms with van der Waals surface area (Å²) in [4.78, 5) is 14.9. The second-order valence-corrected chi connectivity index (χ2v) is 8.96. The SMILES string of the molecule is COc1ccc(OC(=O)N2C3C(C(C)C)=CC=C(C(C)C)C2C(C#N)(C#N)C3(C#N)C#N)cc1. The van der Waals surface area contributed by atoms with E-state index >= 15 is 0 Å². The first kappa shape index (κ1) is 24.4. The van der Waals surface area contributed by atoms with Gasteiger partial charge in [-0.25, -0.2) is 4.79 Å². The van der Waals surface area contributed by atoms with Crippen molar-refractivity contribution in [3.8, 4) is 35.8 Å². The minimum Gasteiger partial charge on any atom is -0.497 e. The number of benzene rings is 1. The Labute approximate surface area is 199 Å². The first-order valence-corrected chi connectivity index (χ1v) is 10.9. The van der Waals surface area contributed by atoms with Gasteiger partial charge < -0.3 is 9.47 Å². The molecule has 2 atom stereocenters. The van der Waals surface area contributed by atoms with Gasteiger partial charge in [-0.1, -0.05) is 39.8 Å². The van der Waals surface area contributed by atoms with E-state index in [9.17, 15) is 25.8 Å². The molecule has 2 aliphatic heterocycles. The molecule has 8 nitrogen and oxygen atoms in total. The molecular weight excluding hydrogens is 430 g/mol. The summed E-state index contributed by atoms with van der Waals surface area (Å²) in [6, 6.07) is 12.0. The van der Waals surface area contributed by atoms with Gasteiger partial charge in [-0.3, -0.25) is 4.90 Å². The van der Waals surface area contributed by atoms with E-state index in [1.165, 1.54) is 12.0 Å². The minimum atomic E-state index is -2.12. The monoisotopic (exact) mass is 455 g/mol. The van der Waals surface area contributed by atoms with Gasteiger partial charge in [0.15, 0.2) is 0 Å². The van der Waals surface area contributed by atoms with Gasteiger partial charge in [0.1, 0.15) is 11.5 Å². The highest BCUT2D eigenvalue weighted by Gasteiger charge is 2.75. The predicted molar refractivity (Wildman–Crippen MR) is 122 cm³/mol. The maximum Gasteiger partial charge on any atom is 0.416 e. The standard InChI is InChI=1S/C26H25N5O3/c1-16(2)20-10-11-21(17(3)4)23-26(14-29,15-30)25(12-27,13-28)22(20)31(23)24(32)34-19-8-6-18(33-5)7-9-19/h6-11,16-17,22-23H,1-5H3. The first-order valence-electron chi connectivity index (χ1n) is 10.9. The second kappa shape index (κ2) is 8.93. The molecular formula is C26H25N5O3. The molecule has 1 amide bonds. The molecule has 0 saturated carbocycles. The molecule has 8 heteroatoms. The van der Waals surface area contributed by atoms with Crippen molar-refractivity contribution in [1.82, 2.24) is 4.90 Å². The van der Waals surface area contributed by atoms with Gasteiger partial charge in [0, 0.05) is 0 Å². The van der Waals surface area contributed by atoms with Gasteiger partial charge in [-0.05, 0) is 47.2 Å². The molecule has 0 radical (unpaired) electrons. The summed E-state index contributed by atoms with van der Waals surface area (Å²) in [5.41, 5.74) is -3.04. The third-order valence-corrected chi connectivity index (χ3v) is 6.61. The van der Waals surface area contributed by atoms with E-state index in [-0.39, 0.29) is 17.6 Å². The first-order chi connectivity index (χ1) is 16.2. The van der Waals surface area contributed by atoms with Gasteiger partial charge in [0.25, 0.3) is 0 Å². The average Bonchev–Trinajstić information content (AvgIpc) is 2.93. The lowest BCUT2D eigenvalue weighted by Crippen LogP contribution is -2.48. The number of carbonyl (C=O) groups excluding carboxylic acids is 1. The van der Waals surface area contributed by atoms with E-state index in [1.807, 2.05) is 52.0 Å². The largest absolute Gasteiger partial charge is 0.497 e. The Kier molecular flexibility index (Phi) is 6.40. The maximum absolute atomic E-state index is 13.7. The van der Waals surface area contributed by atoms with E-state index < -0.39 is 29.0 Å². The summed E-state index contributed by atoms with van der Waals surface area (Å²) in [6.45, 7) is 7.50. The van der Waals surface area contributed by atoms with Crippen LogP contribution in [0.15, 0.2) is 47.6 Å². The number of hydrogen-bond acceptors (Lipinski definition) is 7. The van der Waals surface area contributed by atoms with Crippen LogP contribution in [0, 0.1) is 68.0 Å². The van der Waals surface area contributed by atoms with E-state index in [1.54, 1.807) is 36.4 Å². The zero-order valence-corrected chi connectivity index (χ0v) is 19.7. The molecule has 172 valence electrons. The Hall–Kier alpha value is -4.27. The topological polar surface area (TPSA) is 134 Å². The molecule has 2 aliphatic rings. The summed E-state index contributed by atoms with van der Waals surface area (Å²) in [6.07, 6.45) is 2.77. The molecule has 3 rings (SSSR count). The fourth-order valence-corrected chi connectivity index (χ4v) is 4.87. The number of allylic oxidation sites excluding steroid dienone is 2. The van der Waals surface area contributed by atoms with Gasteiger partial charge in [-0.15, -0.1) is 0 Å². The van der Waals surface area contributed by atoms with Crippen molar-refractivity contribution in [2.24, 2.45) is 22.7 Å². The average molecular weight is 456 g/mol. The molecule has 2 heterocycles. The Morgan fingerprint density at radius 3 is 1.53 bits per heavy atom. The van der Waals surface area contributed by atoms with Crippen LogP contribution in [0.3, 0.4) is 0 Å². The van der Waals surface area contributed by atoms with Crippen molar-refractivity contribution < 1.29 is 14.3 Å². The van der Waals surface area contributed by atoms with Crippen LogP contribution in [0.1, 0.15) is 27.7 Å². The number of fused-ring (bicyclic) bond motifs is 2. The lowest BCUT2D eigenvalue weighted by Gasteiger charge is -2.33. The smallest absolute Gasteiger partial charge is 0.416 e. The number of nitrogens with zero attached hydrogens (tertiary/aromatic N) is 5. The molecule has 2 bridgehead atoms. The van der Waals surface area contributed by atoms with Crippen LogP contribution >= 0.6 is 0 Å². The summed E-state index contributed by atoms with van der Waals surface area (Å²) in [5, 5.41) is 41.2. The number of methoxy groups -OCH3 is 1. The third kappa shape index (κ3) is 3.28. The number of amides is 1. The van der Waals surface area contributed by atoms with Gasteiger partial charge in [0.05, 0.1) is 43.5 Å². The maximum atomic E-state index is 13.7. The van der Waals surface area contributed by atoms with E-state index in [2.05, 4.69) is 0 Å². The highest BCUT2D eigenvalue weighted by Crippen LogP contribution is 2.60. The van der Waals surface area contributed by atoms with Crippen molar-refractivity contribution in [2.75, 3.05) is 7.11 Å². The van der Waals surface area contributed by atoms with Gasteiger partial charge in [0.2, 0.25) is 10.8 Å². The second-order valence-electron chi connectivity index (χ2n) is 8.96. The van der Waals surface area contributed by atoms with Crippen molar-refractivity contribution >= 4 is 6.09 Å². The number of nitriles is 4. The molecule has 2 unspecified atom stereocenters. The minimum absolute atomic E-state index is 0.182. The van der Waals surface area contributed by atoms with Crippen LogP contribution in [0.25, 0.3) is 0 Å². The van der Waals surface area contributed by atoms with Crippen molar-refractivity contribution in [1.29, 1.82) is 21.0 Å². The summed E-state index contributed by atoms with van der Waals surface area (Å²) < 4.78 is 10.8. The van der Waals surface area contributed by atoms with E-state index in [4.69, 9.17) is 9.47 Å². The molecule has 0 spiro atoms. The van der Waals surface area contributed by atoms with Crippen LogP contribution in [-0.4, -0.2) is 30.2 Å².